The van der Waals surface area contributed by atoms with Gasteiger partial charge in [-0.15, -0.1) is 5.10 Å². The molecule has 0 aliphatic heterocycles. The molecule has 0 unspecified atom stereocenters. The third kappa shape index (κ3) is 2.81. The van der Waals surface area contributed by atoms with E-state index >= 15 is 0 Å². The standard InChI is InChI=1S/C11H9ClIN3O2/c1-2-18-11(17)10-9(14-16-15-10)6-3-7(12)5-8(13)4-6/h3-5H,2H2,1H3,(H,14,15,16). The predicted molar refractivity (Wildman–Crippen MR) is 75.5 cm³/mol. The minimum Gasteiger partial charge on any atom is -0.461 e. The van der Waals surface area contributed by atoms with E-state index in [1.54, 1.807) is 13.0 Å². The molecule has 1 N–H and O–H groups in total. The smallest absolute Gasteiger partial charge is 0.361 e. The molecule has 0 spiro atoms. The van der Waals surface area contributed by atoms with E-state index < -0.39 is 5.97 Å². The molecule has 0 aliphatic carbocycles. The molecule has 0 aliphatic rings. The Morgan fingerprint density at radius 2 is 2.22 bits per heavy atom. The number of rotatable bonds is 3. The van der Waals surface area contributed by atoms with Gasteiger partial charge in [0.05, 0.1) is 6.61 Å². The van der Waals surface area contributed by atoms with Crippen molar-refractivity contribution < 1.29 is 9.53 Å². The van der Waals surface area contributed by atoms with Gasteiger partial charge in [-0.2, -0.15) is 10.3 Å². The zero-order chi connectivity index (χ0) is 13.1. The van der Waals surface area contributed by atoms with Crippen LogP contribution in [0.3, 0.4) is 0 Å². The molecule has 0 saturated heterocycles. The molecule has 5 nitrogen and oxygen atoms in total. The quantitative estimate of drug-likeness (QED) is 0.660. The normalized spacial score (nSPS) is 10.4. The van der Waals surface area contributed by atoms with Crippen LogP contribution in [0, 0.1) is 3.57 Å². The number of esters is 1. The summed E-state index contributed by atoms with van der Waals surface area (Å²) in [4.78, 5) is 11.7. The van der Waals surface area contributed by atoms with Crippen molar-refractivity contribution in [3.63, 3.8) is 0 Å². The van der Waals surface area contributed by atoms with Gasteiger partial charge in [-0.05, 0) is 47.7 Å². The zero-order valence-electron chi connectivity index (χ0n) is 9.41. The second-order valence-corrected chi connectivity index (χ2v) is 5.08. The van der Waals surface area contributed by atoms with Crippen molar-refractivity contribution in [3.8, 4) is 11.3 Å². The Balaban J connectivity index is 2.45. The number of aromatic amines is 1. The lowest BCUT2D eigenvalue weighted by Crippen LogP contribution is -2.06. The summed E-state index contributed by atoms with van der Waals surface area (Å²) in [6.07, 6.45) is 0. The molecule has 7 heteroatoms. The van der Waals surface area contributed by atoms with E-state index in [1.165, 1.54) is 0 Å². The van der Waals surface area contributed by atoms with Gasteiger partial charge in [0.1, 0.15) is 5.69 Å². The maximum absolute atomic E-state index is 11.7. The van der Waals surface area contributed by atoms with Gasteiger partial charge in [0, 0.05) is 14.2 Å². The van der Waals surface area contributed by atoms with Crippen LogP contribution < -0.4 is 0 Å². The molecule has 1 aromatic carbocycles. The molecule has 2 rings (SSSR count). The predicted octanol–water partition coefficient (Wildman–Crippen LogP) is 2.91. The van der Waals surface area contributed by atoms with Gasteiger partial charge in [0.25, 0.3) is 0 Å². The van der Waals surface area contributed by atoms with Gasteiger partial charge in [0.15, 0.2) is 5.69 Å². The fraction of sp³-hybridized carbons (Fsp3) is 0.182. The number of hydrogen-bond donors (Lipinski definition) is 1. The maximum Gasteiger partial charge on any atom is 0.361 e. The molecule has 0 amide bonds. The summed E-state index contributed by atoms with van der Waals surface area (Å²) < 4.78 is 5.86. The molecule has 0 bridgehead atoms. The van der Waals surface area contributed by atoms with E-state index in [4.69, 9.17) is 16.3 Å². The first kappa shape index (κ1) is 13.3. The molecule has 1 heterocycles. The van der Waals surface area contributed by atoms with E-state index in [-0.39, 0.29) is 12.3 Å². The lowest BCUT2D eigenvalue weighted by Gasteiger charge is -2.02. The van der Waals surface area contributed by atoms with Crippen molar-refractivity contribution in [1.29, 1.82) is 0 Å². The zero-order valence-corrected chi connectivity index (χ0v) is 12.3. The number of aromatic nitrogens is 3. The van der Waals surface area contributed by atoms with Gasteiger partial charge < -0.3 is 4.74 Å². The minimum atomic E-state index is -0.503. The van der Waals surface area contributed by atoms with Gasteiger partial charge in [0.2, 0.25) is 0 Å². The first-order valence-electron chi connectivity index (χ1n) is 5.16. The summed E-state index contributed by atoms with van der Waals surface area (Å²) in [5.41, 5.74) is 1.33. The van der Waals surface area contributed by atoms with E-state index in [0.717, 1.165) is 9.13 Å². The molecule has 94 valence electrons. The Morgan fingerprint density at radius 3 is 2.89 bits per heavy atom. The number of halogens is 2. The monoisotopic (exact) mass is 377 g/mol. The van der Waals surface area contributed by atoms with Gasteiger partial charge in [-0.1, -0.05) is 11.6 Å². The molecule has 0 radical (unpaired) electrons. The number of carbonyl (C=O) groups excluding carboxylic acids is 1. The average molecular weight is 378 g/mol. The summed E-state index contributed by atoms with van der Waals surface area (Å²) in [7, 11) is 0. The Hall–Kier alpha value is -1.15. The number of nitrogens with zero attached hydrogens (tertiary/aromatic N) is 2. The Kier molecular flexibility index (Phi) is 4.18. The van der Waals surface area contributed by atoms with Crippen molar-refractivity contribution in [1.82, 2.24) is 15.4 Å². The number of hydrogen-bond acceptors (Lipinski definition) is 4. The SMILES string of the molecule is CCOC(=O)c1n[nH]nc1-c1cc(Cl)cc(I)c1. The van der Waals surface area contributed by atoms with Crippen LogP contribution in [0.25, 0.3) is 11.3 Å². The summed E-state index contributed by atoms with van der Waals surface area (Å²) in [5.74, 6) is -0.503. The van der Waals surface area contributed by atoms with E-state index in [0.29, 0.717) is 10.7 Å². The van der Waals surface area contributed by atoms with Crippen molar-refractivity contribution in [2.24, 2.45) is 0 Å². The second-order valence-electron chi connectivity index (χ2n) is 3.40. The van der Waals surface area contributed by atoms with Crippen LogP contribution in [0.4, 0.5) is 0 Å². The van der Waals surface area contributed by atoms with Crippen LogP contribution in [0.1, 0.15) is 17.4 Å². The first-order chi connectivity index (χ1) is 8.61. The molecule has 0 saturated carbocycles. The number of H-pyrrole nitrogens is 1. The highest BCUT2D eigenvalue weighted by molar-refractivity contribution is 14.1. The summed E-state index contributed by atoms with van der Waals surface area (Å²) in [5, 5.41) is 10.8. The van der Waals surface area contributed by atoms with E-state index in [9.17, 15) is 4.79 Å². The van der Waals surface area contributed by atoms with E-state index in [2.05, 4.69) is 38.0 Å². The first-order valence-corrected chi connectivity index (χ1v) is 6.62. The summed E-state index contributed by atoms with van der Waals surface area (Å²) in [6, 6.07) is 5.41. The van der Waals surface area contributed by atoms with Crippen LogP contribution >= 0.6 is 34.2 Å². The molecular formula is C11H9ClIN3O2. The van der Waals surface area contributed by atoms with Crippen molar-refractivity contribution in [2.75, 3.05) is 6.61 Å². The average Bonchev–Trinajstić information content (AvgIpc) is 2.76. The molecule has 18 heavy (non-hydrogen) atoms. The highest BCUT2D eigenvalue weighted by Gasteiger charge is 2.19. The number of benzene rings is 1. The van der Waals surface area contributed by atoms with Crippen LogP contribution in [0.5, 0.6) is 0 Å². The third-order valence-electron chi connectivity index (χ3n) is 2.15. The largest absolute Gasteiger partial charge is 0.461 e. The number of ether oxygens (including phenoxy) is 1. The number of carbonyl (C=O) groups is 1. The molecule has 1 aromatic heterocycles. The highest BCUT2D eigenvalue weighted by Crippen LogP contribution is 2.26. The van der Waals surface area contributed by atoms with Crippen molar-refractivity contribution in [3.05, 3.63) is 32.5 Å². The van der Waals surface area contributed by atoms with Crippen LogP contribution in [-0.2, 0) is 4.74 Å². The Morgan fingerprint density at radius 1 is 1.44 bits per heavy atom. The van der Waals surface area contributed by atoms with E-state index in [1.807, 2.05) is 12.1 Å². The van der Waals surface area contributed by atoms with Crippen molar-refractivity contribution in [2.45, 2.75) is 6.92 Å². The molecule has 2 aromatic rings. The van der Waals surface area contributed by atoms with Crippen molar-refractivity contribution >= 4 is 40.2 Å². The van der Waals surface area contributed by atoms with Crippen LogP contribution in [0.2, 0.25) is 5.02 Å². The molecular weight excluding hydrogens is 368 g/mol. The molecule has 0 atom stereocenters. The van der Waals surface area contributed by atoms with Gasteiger partial charge >= 0.3 is 5.97 Å². The summed E-state index contributed by atoms with van der Waals surface area (Å²) in [6.45, 7) is 2.03. The Labute approximate surface area is 122 Å². The van der Waals surface area contributed by atoms with Crippen LogP contribution in [-0.4, -0.2) is 28.0 Å². The lowest BCUT2D eigenvalue weighted by molar-refractivity contribution is 0.0520. The fourth-order valence-electron chi connectivity index (χ4n) is 1.46. The lowest BCUT2D eigenvalue weighted by atomic mass is 10.1. The van der Waals surface area contributed by atoms with Gasteiger partial charge in [-0.3, -0.25) is 0 Å². The topological polar surface area (TPSA) is 67.9 Å². The number of nitrogens with one attached hydrogen (secondary N) is 1. The van der Waals surface area contributed by atoms with Gasteiger partial charge in [-0.25, -0.2) is 4.79 Å². The Bertz CT molecular complexity index is 565. The summed E-state index contributed by atoms with van der Waals surface area (Å²) >= 11 is 8.12. The van der Waals surface area contributed by atoms with Crippen LogP contribution in [0.15, 0.2) is 18.2 Å². The molecule has 0 fully saturated rings. The maximum atomic E-state index is 11.7. The second kappa shape index (κ2) is 5.66. The third-order valence-corrected chi connectivity index (χ3v) is 2.99. The fourth-order valence-corrected chi connectivity index (χ4v) is 2.55. The highest BCUT2D eigenvalue weighted by atomic mass is 127. The minimum absolute atomic E-state index is 0.162.